The summed E-state index contributed by atoms with van der Waals surface area (Å²) in [5.74, 6) is -0.422. The van der Waals surface area contributed by atoms with Gasteiger partial charge in [0.2, 0.25) is 0 Å². The van der Waals surface area contributed by atoms with Crippen molar-refractivity contribution in [2.75, 3.05) is 6.61 Å². The average molecular weight is 574 g/mol. The molecule has 5 nitrogen and oxygen atoms in total. The summed E-state index contributed by atoms with van der Waals surface area (Å²) >= 11 is 5.97. The fourth-order valence-corrected chi connectivity index (χ4v) is 3.67. The highest BCUT2D eigenvalue weighted by molar-refractivity contribution is 6.30. The maximum atomic E-state index is 12.7. The van der Waals surface area contributed by atoms with E-state index in [4.69, 9.17) is 26.9 Å². The van der Waals surface area contributed by atoms with E-state index >= 15 is 0 Å². The molecule has 2 fully saturated rings. The minimum Gasteiger partial charge on any atom is -0.489 e. The lowest BCUT2D eigenvalue weighted by molar-refractivity contribution is -0.274. The molecule has 0 aliphatic heterocycles. The van der Waals surface area contributed by atoms with Crippen LogP contribution in [0.1, 0.15) is 54.9 Å². The molecule has 2 aliphatic carbocycles. The molecule has 40 heavy (non-hydrogen) atoms. The first-order chi connectivity index (χ1) is 19.0. The normalized spacial score (nSPS) is 14.3. The van der Waals surface area contributed by atoms with E-state index in [2.05, 4.69) is 4.74 Å². The molecule has 0 aromatic heterocycles. The van der Waals surface area contributed by atoms with Crippen LogP contribution in [0.4, 0.5) is 13.2 Å². The maximum Gasteiger partial charge on any atom is 0.573 e. The Morgan fingerprint density at radius 1 is 0.975 bits per heavy atom. The lowest BCUT2D eigenvalue weighted by Gasteiger charge is -2.18. The number of hydrogen-bond acceptors (Lipinski definition) is 4. The number of carbonyl (C=O) groups is 1. The number of halogens is 4. The summed E-state index contributed by atoms with van der Waals surface area (Å²) in [4.78, 5) is 10.2. The van der Waals surface area contributed by atoms with Gasteiger partial charge < -0.3 is 14.6 Å². The topological polar surface area (TPSA) is 79.6 Å². The molecular weight excluding hydrogens is 543 g/mol. The van der Waals surface area contributed by atoms with Crippen molar-refractivity contribution in [2.24, 2.45) is 5.92 Å². The number of nitrogens with one attached hydrogen (secondary N) is 1. The number of para-hydroxylation sites is 1. The van der Waals surface area contributed by atoms with Gasteiger partial charge in [0.25, 0.3) is 0 Å². The molecule has 3 aromatic carbocycles. The minimum atomic E-state index is -4.83. The zero-order valence-corrected chi connectivity index (χ0v) is 22.8. The van der Waals surface area contributed by atoms with Gasteiger partial charge in [-0.05, 0) is 68.1 Å². The molecule has 0 heterocycles. The number of benzene rings is 3. The standard InChI is InChI=1S/C21H19ClF3NO2.C7H6O2.C3H6/c1-13(14-9-10-14)18(12-27-16-6-4-5-15(22)11-16)20(26)17-7-2-3-8-19(17)28-21(23,24)25;8-7(9)6-4-2-1-3-5-6;1-2-3-1/h2-8,11,14,26H,9-10,12H2,1H3;1-5H,(H,8,9);1-3H2/b18-13+,26-20?;;. The zero-order chi connectivity index (χ0) is 29.1. The molecular formula is C31H31ClF3NO4. The van der Waals surface area contributed by atoms with Gasteiger partial charge in [-0.2, -0.15) is 0 Å². The molecule has 0 saturated heterocycles. The van der Waals surface area contributed by atoms with Crippen molar-refractivity contribution in [3.8, 4) is 11.5 Å². The summed E-state index contributed by atoms with van der Waals surface area (Å²) in [6.07, 6.45) is 1.67. The summed E-state index contributed by atoms with van der Waals surface area (Å²) in [6.45, 7) is 1.96. The van der Waals surface area contributed by atoms with Crippen LogP contribution in [0, 0.1) is 11.3 Å². The van der Waals surface area contributed by atoms with Crippen molar-refractivity contribution in [3.05, 3.63) is 106 Å². The van der Waals surface area contributed by atoms with Gasteiger partial charge in [-0.3, -0.25) is 5.41 Å². The third-order valence-electron chi connectivity index (χ3n) is 5.90. The monoisotopic (exact) mass is 573 g/mol. The van der Waals surface area contributed by atoms with E-state index in [1.54, 1.807) is 60.7 Å². The summed E-state index contributed by atoms with van der Waals surface area (Å²) in [7, 11) is 0. The second kappa shape index (κ2) is 14.6. The number of carboxylic acids is 1. The molecule has 3 aromatic rings. The van der Waals surface area contributed by atoms with Gasteiger partial charge in [0, 0.05) is 16.2 Å². The van der Waals surface area contributed by atoms with E-state index in [1.807, 2.05) is 6.92 Å². The van der Waals surface area contributed by atoms with Gasteiger partial charge in [-0.1, -0.05) is 72.8 Å². The van der Waals surface area contributed by atoms with E-state index < -0.39 is 18.1 Å². The Bertz CT molecular complexity index is 1320. The van der Waals surface area contributed by atoms with Crippen molar-refractivity contribution >= 4 is 23.3 Å². The number of allylic oxidation sites excluding steroid dienone is 1. The van der Waals surface area contributed by atoms with Crippen molar-refractivity contribution < 1.29 is 32.5 Å². The van der Waals surface area contributed by atoms with Crippen molar-refractivity contribution in [1.82, 2.24) is 0 Å². The number of ether oxygens (including phenoxy) is 2. The van der Waals surface area contributed by atoms with Gasteiger partial charge in [-0.25, -0.2) is 4.79 Å². The Labute approximate surface area is 236 Å². The lowest BCUT2D eigenvalue weighted by Crippen LogP contribution is -2.21. The van der Waals surface area contributed by atoms with E-state index in [0.717, 1.165) is 18.4 Å². The first-order valence-electron chi connectivity index (χ1n) is 12.9. The van der Waals surface area contributed by atoms with Crippen LogP contribution in [0.3, 0.4) is 0 Å². The number of hydrogen-bond donors (Lipinski definition) is 2. The highest BCUT2D eigenvalue weighted by atomic mass is 35.5. The lowest BCUT2D eigenvalue weighted by atomic mass is 9.96. The number of rotatable bonds is 8. The number of carboxylic acid groups (broad SMARTS) is 1. The van der Waals surface area contributed by atoms with Crippen LogP contribution in [0.5, 0.6) is 11.5 Å². The van der Waals surface area contributed by atoms with E-state index in [-0.39, 0.29) is 17.9 Å². The molecule has 9 heteroatoms. The zero-order valence-electron chi connectivity index (χ0n) is 22.0. The Balaban J connectivity index is 0.000000301. The van der Waals surface area contributed by atoms with Gasteiger partial charge >= 0.3 is 12.3 Å². The fourth-order valence-electron chi connectivity index (χ4n) is 3.49. The maximum absolute atomic E-state index is 12.7. The summed E-state index contributed by atoms with van der Waals surface area (Å²) in [5.41, 5.74) is 1.88. The van der Waals surface area contributed by atoms with Gasteiger partial charge in [0.1, 0.15) is 18.1 Å². The quantitative estimate of drug-likeness (QED) is 0.264. The van der Waals surface area contributed by atoms with Crippen LogP contribution >= 0.6 is 11.6 Å². The molecule has 0 amide bonds. The number of alkyl halides is 3. The highest BCUT2D eigenvalue weighted by Gasteiger charge is 2.33. The van der Waals surface area contributed by atoms with Gasteiger partial charge in [0.05, 0.1) is 11.3 Å². The minimum absolute atomic E-state index is 0.0359. The largest absolute Gasteiger partial charge is 0.573 e. The molecule has 0 bridgehead atoms. The predicted molar refractivity (Wildman–Crippen MR) is 150 cm³/mol. The van der Waals surface area contributed by atoms with Crippen molar-refractivity contribution in [2.45, 2.75) is 45.4 Å². The summed E-state index contributed by atoms with van der Waals surface area (Å²) in [6, 6.07) is 20.8. The Morgan fingerprint density at radius 3 is 2.12 bits per heavy atom. The SMILES string of the molecule is C/C(=C(/COc1cccc(Cl)c1)C(=N)c1ccccc1OC(F)(F)F)C1CC1.C1CC1.O=C(O)c1ccccc1. The third-order valence-corrected chi connectivity index (χ3v) is 6.14. The summed E-state index contributed by atoms with van der Waals surface area (Å²) < 4.78 is 48.1. The molecule has 2 N–H and O–H groups in total. The molecule has 2 saturated carbocycles. The second-order valence-corrected chi connectivity index (χ2v) is 9.77. The molecule has 5 rings (SSSR count). The molecule has 0 atom stereocenters. The van der Waals surface area contributed by atoms with Crippen LogP contribution in [0.25, 0.3) is 0 Å². The molecule has 0 unspecified atom stereocenters. The number of aromatic carboxylic acids is 1. The average Bonchev–Trinajstić information content (AvgIpc) is 3.82. The van der Waals surface area contributed by atoms with Crippen LogP contribution in [0.15, 0.2) is 90.0 Å². The van der Waals surface area contributed by atoms with Crippen molar-refractivity contribution in [3.63, 3.8) is 0 Å². The first kappa shape index (κ1) is 30.8. The summed E-state index contributed by atoms with van der Waals surface area (Å²) in [5, 5.41) is 17.5. The smallest absolute Gasteiger partial charge is 0.489 e. The van der Waals surface area contributed by atoms with Crippen LogP contribution in [-0.2, 0) is 0 Å². The van der Waals surface area contributed by atoms with E-state index in [1.165, 1.54) is 37.5 Å². The van der Waals surface area contributed by atoms with Gasteiger partial charge in [0.15, 0.2) is 0 Å². The van der Waals surface area contributed by atoms with E-state index in [9.17, 15) is 18.0 Å². The third kappa shape index (κ3) is 10.8. The van der Waals surface area contributed by atoms with Crippen LogP contribution in [0.2, 0.25) is 5.02 Å². The highest BCUT2D eigenvalue weighted by Crippen LogP contribution is 2.39. The molecule has 0 spiro atoms. The molecule has 2 aliphatic rings. The van der Waals surface area contributed by atoms with Crippen LogP contribution in [-0.4, -0.2) is 29.8 Å². The Hall–Kier alpha value is -3.78. The van der Waals surface area contributed by atoms with Crippen LogP contribution < -0.4 is 9.47 Å². The fraction of sp³-hybridized carbons (Fsp3) is 0.290. The molecule has 0 radical (unpaired) electrons. The van der Waals surface area contributed by atoms with Gasteiger partial charge in [-0.15, -0.1) is 13.2 Å². The van der Waals surface area contributed by atoms with Crippen molar-refractivity contribution in [1.29, 1.82) is 5.41 Å². The first-order valence-corrected chi connectivity index (χ1v) is 13.2. The Kier molecular flexibility index (Phi) is 11.2. The molecule has 212 valence electrons. The second-order valence-electron chi connectivity index (χ2n) is 9.33. The Morgan fingerprint density at radius 2 is 1.60 bits per heavy atom. The predicted octanol–water partition coefficient (Wildman–Crippen LogP) is 8.97. The van der Waals surface area contributed by atoms with E-state index in [0.29, 0.717) is 27.8 Å².